The summed E-state index contributed by atoms with van der Waals surface area (Å²) in [6.45, 7) is 4.07. The maximum atomic E-state index is 12.1. The van der Waals surface area contributed by atoms with Gasteiger partial charge in [-0.25, -0.2) is 13.4 Å². The summed E-state index contributed by atoms with van der Waals surface area (Å²) in [4.78, 5) is 16.9. The number of carbonyl (C=O) groups is 1. The minimum absolute atomic E-state index is 0.00335. The van der Waals surface area contributed by atoms with Gasteiger partial charge in [0.05, 0.1) is 17.2 Å². The van der Waals surface area contributed by atoms with E-state index in [0.717, 1.165) is 51.7 Å². The lowest BCUT2D eigenvalue weighted by Gasteiger charge is -2.16. The van der Waals surface area contributed by atoms with Gasteiger partial charge < -0.3 is 9.88 Å². The van der Waals surface area contributed by atoms with E-state index in [1.54, 1.807) is 11.3 Å². The lowest BCUT2D eigenvalue weighted by Crippen LogP contribution is -2.13. The third-order valence-corrected chi connectivity index (χ3v) is 8.80. The van der Waals surface area contributed by atoms with Crippen LogP contribution >= 0.6 is 11.3 Å². The first-order chi connectivity index (χ1) is 14.8. The molecule has 3 heterocycles. The van der Waals surface area contributed by atoms with Crippen molar-refractivity contribution in [3.63, 3.8) is 0 Å². The van der Waals surface area contributed by atoms with Crippen molar-refractivity contribution in [3.8, 4) is 21.8 Å². The number of hydrogen-bond donors (Lipinski definition) is 1. The summed E-state index contributed by atoms with van der Waals surface area (Å²) in [5.74, 6) is 0.738. The Bertz CT molecular complexity index is 1270. The van der Waals surface area contributed by atoms with Gasteiger partial charge >= 0.3 is 0 Å². The number of benzene rings is 1. The Hall–Kier alpha value is -2.45. The highest BCUT2D eigenvalue weighted by atomic mass is 32.2. The number of hydrogen-bond acceptors (Lipinski definition) is 5. The topological polar surface area (TPSA) is 81.1 Å². The normalized spacial score (nSPS) is 20.1. The molecule has 1 N–H and O–H groups in total. The molecule has 0 bridgehead atoms. The van der Waals surface area contributed by atoms with Crippen molar-refractivity contribution in [1.82, 2.24) is 9.55 Å². The minimum Gasteiger partial charge on any atom is -0.344 e. The quantitative estimate of drug-likeness (QED) is 0.609. The lowest BCUT2D eigenvalue weighted by molar-refractivity contribution is -0.117. The van der Waals surface area contributed by atoms with Crippen LogP contribution in [0.3, 0.4) is 0 Å². The molecule has 8 heteroatoms. The van der Waals surface area contributed by atoms with Crippen molar-refractivity contribution < 1.29 is 13.2 Å². The largest absolute Gasteiger partial charge is 0.344 e. The predicted octanol–water partition coefficient (Wildman–Crippen LogP) is 4.60. The van der Waals surface area contributed by atoms with E-state index >= 15 is 0 Å². The van der Waals surface area contributed by atoms with Crippen LogP contribution in [0.25, 0.3) is 21.8 Å². The second kappa shape index (κ2) is 7.60. The highest BCUT2D eigenvalue weighted by molar-refractivity contribution is 7.91. The van der Waals surface area contributed by atoms with Gasteiger partial charge in [0.15, 0.2) is 9.84 Å². The van der Waals surface area contributed by atoms with Crippen LogP contribution in [0.4, 0.5) is 5.69 Å². The third kappa shape index (κ3) is 4.06. The molecule has 2 fully saturated rings. The Morgan fingerprint density at radius 3 is 2.71 bits per heavy atom. The molecule has 1 atom stereocenters. The Labute approximate surface area is 186 Å². The van der Waals surface area contributed by atoms with E-state index in [4.69, 9.17) is 4.98 Å². The van der Waals surface area contributed by atoms with Crippen molar-refractivity contribution in [1.29, 1.82) is 0 Å². The van der Waals surface area contributed by atoms with Gasteiger partial charge in [0.2, 0.25) is 5.91 Å². The van der Waals surface area contributed by atoms with E-state index < -0.39 is 9.84 Å². The second-order valence-electron chi connectivity index (χ2n) is 8.59. The van der Waals surface area contributed by atoms with Crippen molar-refractivity contribution in [2.45, 2.75) is 39.2 Å². The predicted molar refractivity (Wildman–Crippen MR) is 124 cm³/mol. The molecule has 1 saturated heterocycles. The van der Waals surface area contributed by atoms with E-state index in [1.807, 2.05) is 43.5 Å². The van der Waals surface area contributed by atoms with Crippen LogP contribution in [0, 0.1) is 19.8 Å². The lowest BCUT2D eigenvalue weighted by atomic mass is 10.2. The Morgan fingerprint density at radius 2 is 2.00 bits per heavy atom. The van der Waals surface area contributed by atoms with Crippen LogP contribution in [0.15, 0.2) is 35.7 Å². The number of aryl methyl sites for hydroxylation is 1. The van der Waals surface area contributed by atoms with E-state index in [1.165, 1.54) is 0 Å². The summed E-state index contributed by atoms with van der Waals surface area (Å²) in [5, 5.41) is 5.93. The van der Waals surface area contributed by atoms with E-state index in [0.29, 0.717) is 6.42 Å². The van der Waals surface area contributed by atoms with Crippen molar-refractivity contribution in [2.24, 2.45) is 5.92 Å². The van der Waals surface area contributed by atoms with Crippen LogP contribution in [0.2, 0.25) is 0 Å². The van der Waals surface area contributed by atoms with E-state index in [9.17, 15) is 13.2 Å². The fourth-order valence-corrected chi connectivity index (χ4v) is 6.94. The summed E-state index contributed by atoms with van der Waals surface area (Å²) >= 11 is 1.57. The molecular weight excluding hydrogens is 430 g/mol. The van der Waals surface area contributed by atoms with Gasteiger partial charge in [-0.1, -0.05) is 12.1 Å². The molecule has 1 aromatic carbocycles. The molecule has 0 unspecified atom stereocenters. The maximum Gasteiger partial charge on any atom is 0.227 e. The summed E-state index contributed by atoms with van der Waals surface area (Å²) in [6, 6.07) is 9.92. The second-order valence-corrected chi connectivity index (χ2v) is 11.7. The number of rotatable bonds is 5. The summed E-state index contributed by atoms with van der Waals surface area (Å²) in [5.41, 5.74) is 5.83. The summed E-state index contributed by atoms with van der Waals surface area (Å²) in [7, 11) is -2.94. The standard InChI is InChI=1S/C23H25N3O3S2/c1-14-10-20(15(2)26(14)19-8-9-31(28,29)13-19)21-12-30-23(25-21)17-4-3-5-18(11-17)24-22(27)16-6-7-16/h3-5,10-12,16,19H,6-9,13H2,1-2H3,(H,24,27)/t19-/m1/s1. The fraction of sp³-hybridized carbons (Fsp3) is 0.391. The molecule has 2 aromatic heterocycles. The summed E-state index contributed by atoms with van der Waals surface area (Å²) < 4.78 is 26.1. The van der Waals surface area contributed by atoms with Gasteiger partial charge in [0.1, 0.15) is 5.01 Å². The number of carbonyl (C=O) groups excluding carboxylic acids is 1. The zero-order valence-corrected chi connectivity index (χ0v) is 19.2. The number of nitrogens with one attached hydrogen (secondary N) is 1. The first kappa shape index (κ1) is 20.5. The number of sulfone groups is 1. The third-order valence-electron chi connectivity index (χ3n) is 6.16. The average molecular weight is 456 g/mol. The molecule has 31 heavy (non-hydrogen) atoms. The molecule has 162 valence electrons. The zero-order valence-electron chi connectivity index (χ0n) is 17.6. The SMILES string of the molecule is Cc1cc(-c2csc(-c3cccc(NC(=O)C4CC4)c3)n2)c(C)n1[C@@H]1CCS(=O)(=O)C1. The number of amides is 1. The maximum absolute atomic E-state index is 12.1. The van der Waals surface area contributed by atoms with Crippen molar-refractivity contribution >= 4 is 32.8 Å². The monoisotopic (exact) mass is 455 g/mol. The molecule has 1 aliphatic heterocycles. The first-order valence-electron chi connectivity index (χ1n) is 10.6. The van der Waals surface area contributed by atoms with Crippen LogP contribution < -0.4 is 5.32 Å². The van der Waals surface area contributed by atoms with Crippen LogP contribution in [-0.4, -0.2) is 35.4 Å². The van der Waals surface area contributed by atoms with Gasteiger partial charge in [0.25, 0.3) is 0 Å². The molecule has 6 nitrogen and oxygen atoms in total. The van der Waals surface area contributed by atoms with Gasteiger partial charge in [-0.15, -0.1) is 11.3 Å². The van der Waals surface area contributed by atoms with Crippen molar-refractivity contribution in [3.05, 3.63) is 47.1 Å². The number of thiazole rings is 1. The van der Waals surface area contributed by atoms with Gasteiger partial charge in [-0.05, 0) is 51.3 Å². The van der Waals surface area contributed by atoms with Gasteiger partial charge in [0, 0.05) is 45.5 Å². The molecule has 1 saturated carbocycles. The van der Waals surface area contributed by atoms with E-state index in [-0.39, 0.29) is 29.4 Å². The molecule has 1 amide bonds. The summed E-state index contributed by atoms with van der Waals surface area (Å²) in [6.07, 6.45) is 2.62. The van der Waals surface area contributed by atoms with Crippen LogP contribution in [-0.2, 0) is 14.6 Å². The number of aromatic nitrogens is 2. The van der Waals surface area contributed by atoms with Gasteiger partial charge in [-0.2, -0.15) is 0 Å². The smallest absolute Gasteiger partial charge is 0.227 e. The minimum atomic E-state index is -2.94. The average Bonchev–Trinajstić information content (AvgIpc) is 3.25. The zero-order chi connectivity index (χ0) is 21.8. The first-order valence-corrected chi connectivity index (χ1v) is 13.3. The Morgan fingerprint density at radius 1 is 1.19 bits per heavy atom. The molecule has 1 aliphatic carbocycles. The molecule has 3 aromatic rings. The Kier molecular flexibility index (Phi) is 5.01. The molecule has 0 spiro atoms. The van der Waals surface area contributed by atoms with Crippen LogP contribution in [0.5, 0.6) is 0 Å². The molecular formula is C23H25N3O3S2. The number of nitrogens with zero attached hydrogens (tertiary/aromatic N) is 2. The van der Waals surface area contributed by atoms with E-state index in [2.05, 4.69) is 16.0 Å². The molecule has 5 rings (SSSR count). The highest BCUT2D eigenvalue weighted by Gasteiger charge is 2.31. The Balaban J connectivity index is 1.41. The highest BCUT2D eigenvalue weighted by Crippen LogP contribution is 2.36. The van der Waals surface area contributed by atoms with Crippen LogP contribution in [0.1, 0.15) is 36.7 Å². The van der Waals surface area contributed by atoms with Crippen molar-refractivity contribution in [2.75, 3.05) is 16.8 Å². The fourth-order valence-electron chi connectivity index (χ4n) is 4.43. The molecule has 2 aliphatic rings. The number of anilines is 1. The van der Waals surface area contributed by atoms with Gasteiger partial charge in [-0.3, -0.25) is 4.79 Å². The molecule has 0 radical (unpaired) electrons.